The van der Waals surface area contributed by atoms with Crippen molar-refractivity contribution in [3.8, 4) is 6.07 Å². The molecule has 1 aromatic carbocycles. The normalized spacial score (nSPS) is 12.1. The number of hydrogen-bond acceptors (Lipinski definition) is 7. The minimum Gasteiger partial charge on any atom is -0.352 e. The third kappa shape index (κ3) is 5.20. The van der Waals surface area contributed by atoms with Gasteiger partial charge in [0.05, 0.1) is 17.1 Å². The number of anilines is 5. The zero-order valence-corrected chi connectivity index (χ0v) is 19.6. The third-order valence-corrected chi connectivity index (χ3v) is 6.04. The second kappa shape index (κ2) is 10.2. The second-order valence-electron chi connectivity index (χ2n) is 7.44. The maximum absolute atomic E-state index is 13.4. The minimum atomic E-state index is -2.90. The minimum absolute atomic E-state index is 0.0487. The fraction of sp³-hybridized carbons (Fsp3) is 0.182. The average Bonchev–Trinajstić information content (AvgIpc) is 3.28. The maximum Gasteiger partial charge on any atom is 0.295 e. The van der Waals surface area contributed by atoms with Crippen LogP contribution >= 0.6 is 0 Å². The van der Waals surface area contributed by atoms with E-state index in [-0.39, 0.29) is 51.1 Å². The van der Waals surface area contributed by atoms with Crippen molar-refractivity contribution >= 4 is 50.8 Å². The van der Waals surface area contributed by atoms with Gasteiger partial charge in [0, 0.05) is 24.9 Å². The molecule has 0 bridgehead atoms. The van der Waals surface area contributed by atoms with Crippen LogP contribution in [0.4, 0.5) is 46.3 Å². The summed E-state index contributed by atoms with van der Waals surface area (Å²) in [6.07, 6.45) is -4.26. The van der Waals surface area contributed by atoms with Gasteiger partial charge in [0.25, 0.3) is 12.9 Å². The number of halogens is 4. The molecule has 3 N–H and O–H groups in total. The summed E-state index contributed by atoms with van der Waals surface area (Å²) < 4.78 is 66.8. The van der Waals surface area contributed by atoms with Crippen LogP contribution in [0, 0.1) is 11.3 Å². The van der Waals surface area contributed by atoms with Crippen molar-refractivity contribution in [3.63, 3.8) is 0 Å². The van der Waals surface area contributed by atoms with E-state index in [1.54, 1.807) is 12.1 Å². The van der Waals surface area contributed by atoms with E-state index >= 15 is 0 Å². The van der Waals surface area contributed by atoms with Gasteiger partial charge in [-0.15, -0.1) is 0 Å². The molecule has 0 aliphatic carbocycles. The molecular weight excluding hydrogens is 500 g/mol. The zero-order chi connectivity index (χ0) is 26.0. The Bertz CT molecular complexity index is 1490. The zero-order valence-electron chi connectivity index (χ0n) is 18.8. The quantitative estimate of drug-likeness (QED) is 0.270. The van der Waals surface area contributed by atoms with Gasteiger partial charge in [-0.05, 0) is 24.3 Å². The van der Waals surface area contributed by atoms with E-state index in [9.17, 15) is 21.8 Å². The predicted octanol–water partition coefficient (Wildman–Crippen LogP) is 5.32. The van der Waals surface area contributed by atoms with E-state index in [1.165, 1.54) is 47.9 Å². The molecule has 1 unspecified atom stereocenters. The van der Waals surface area contributed by atoms with Crippen LogP contribution in [0.25, 0.3) is 11.2 Å². The molecule has 1 atom stereocenters. The summed E-state index contributed by atoms with van der Waals surface area (Å²) in [6.45, 7) is 0. The van der Waals surface area contributed by atoms with Crippen LogP contribution in [0.2, 0.25) is 0 Å². The number of imidazole rings is 1. The molecule has 0 saturated carbocycles. The van der Waals surface area contributed by atoms with Crippen LogP contribution in [0.15, 0.2) is 42.5 Å². The summed E-state index contributed by atoms with van der Waals surface area (Å²) in [7, 11) is -0.0725. The van der Waals surface area contributed by atoms with E-state index < -0.39 is 29.7 Å². The molecule has 0 saturated heterocycles. The summed E-state index contributed by atoms with van der Waals surface area (Å²) >= 11 is 0. The first-order chi connectivity index (χ1) is 17.2. The number of hydrogen-bond donors (Lipinski definition) is 3. The van der Waals surface area contributed by atoms with Crippen LogP contribution in [-0.4, -0.2) is 37.4 Å². The molecular formula is C22H18F4N8OS. The standard InChI is InChI=1S/C22H18F4N8OS/c1-34(36(2)35)15-8-11(19(23)24)6-7-13(15)29-14-9-17(30-16-5-3-4-12(10-27)28-16)31-21-18(14)32-22(33-21)20(25)26/h3-9,19-20H,1-2H3,(H3,28,29,30,31,32,33). The lowest BCUT2D eigenvalue weighted by Gasteiger charge is -2.21. The highest BCUT2D eigenvalue weighted by Gasteiger charge is 2.20. The predicted molar refractivity (Wildman–Crippen MR) is 128 cm³/mol. The summed E-state index contributed by atoms with van der Waals surface area (Å²) in [5.41, 5.74) is 0.683. The Morgan fingerprint density at radius 2 is 1.78 bits per heavy atom. The van der Waals surface area contributed by atoms with E-state index in [4.69, 9.17) is 5.26 Å². The van der Waals surface area contributed by atoms with Crippen LogP contribution < -0.4 is 14.9 Å². The smallest absolute Gasteiger partial charge is 0.295 e. The van der Waals surface area contributed by atoms with Gasteiger partial charge < -0.3 is 15.6 Å². The van der Waals surface area contributed by atoms with Crippen LogP contribution in [-0.2, 0) is 11.0 Å². The molecule has 0 radical (unpaired) electrons. The molecule has 4 rings (SSSR count). The molecule has 36 heavy (non-hydrogen) atoms. The largest absolute Gasteiger partial charge is 0.352 e. The molecule has 3 aromatic heterocycles. The Morgan fingerprint density at radius 1 is 1.00 bits per heavy atom. The molecule has 9 nitrogen and oxygen atoms in total. The lowest BCUT2D eigenvalue weighted by molar-refractivity contribution is 0.142. The van der Waals surface area contributed by atoms with Gasteiger partial charge in [-0.2, -0.15) is 5.26 Å². The first-order valence-corrected chi connectivity index (χ1v) is 11.8. The van der Waals surface area contributed by atoms with Gasteiger partial charge in [0.2, 0.25) is 0 Å². The van der Waals surface area contributed by atoms with E-state index in [1.807, 2.05) is 6.07 Å². The van der Waals surface area contributed by atoms with Crippen molar-refractivity contribution in [2.24, 2.45) is 0 Å². The van der Waals surface area contributed by atoms with Crippen molar-refractivity contribution in [2.45, 2.75) is 12.9 Å². The number of benzene rings is 1. The van der Waals surface area contributed by atoms with E-state index in [0.29, 0.717) is 0 Å². The molecule has 0 fully saturated rings. The first kappa shape index (κ1) is 24.9. The Balaban J connectivity index is 1.82. The SMILES string of the molecule is CN(c1cc(C(F)F)ccc1Nc1cc(Nc2cccc(C#N)n2)nc2nc(C(F)F)[nH]c12)S(C)=O. The topological polar surface area (TPSA) is 123 Å². The van der Waals surface area contributed by atoms with Crippen molar-refractivity contribution in [1.82, 2.24) is 19.9 Å². The molecule has 0 amide bonds. The van der Waals surface area contributed by atoms with Gasteiger partial charge in [0.1, 0.15) is 39.9 Å². The summed E-state index contributed by atoms with van der Waals surface area (Å²) in [5.74, 6) is -0.167. The highest BCUT2D eigenvalue weighted by atomic mass is 32.2. The highest BCUT2D eigenvalue weighted by molar-refractivity contribution is 7.85. The summed E-state index contributed by atoms with van der Waals surface area (Å²) in [4.78, 5) is 14.7. The number of nitriles is 1. The Morgan fingerprint density at radius 3 is 2.44 bits per heavy atom. The number of aromatic nitrogens is 4. The number of pyridine rings is 2. The molecule has 0 aliphatic heterocycles. The number of nitrogens with one attached hydrogen (secondary N) is 3. The highest BCUT2D eigenvalue weighted by Crippen LogP contribution is 2.36. The molecule has 3 heterocycles. The number of rotatable bonds is 8. The van der Waals surface area contributed by atoms with Crippen LogP contribution in [0.5, 0.6) is 0 Å². The van der Waals surface area contributed by atoms with Crippen LogP contribution in [0.3, 0.4) is 0 Å². The van der Waals surface area contributed by atoms with Gasteiger partial charge >= 0.3 is 0 Å². The molecule has 4 aromatic rings. The average molecular weight is 519 g/mol. The Labute approximate surface area is 204 Å². The second-order valence-corrected chi connectivity index (χ2v) is 8.84. The molecule has 0 spiro atoms. The maximum atomic E-state index is 13.4. The summed E-state index contributed by atoms with van der Waals surface area (Å²) in [5, 5.41) is 15.0. The number of fused-ring (bicyclic) bond motifs is 1. The van der Waals surface area contributed by atoms with E-state index in [2.05, 4.69) is 30.6 Å². The Hall–Kier alpha value is -4.25. The number of alkyl halides is 4. The summed E-state index contributed by atoms with van der Waals surface area (Å²) in [6, 6.07) is 11.9. The fourth-order valence-corrected chi connectivity index (χ4v) is 3.73. The molecule has 0 aliphatic rings. The Kier molecular flexibility index (Phi) is 7.02. The fourth-order valence-electron chi connectivity index (χ4n) is 3.30. The monoisotopic (exact) mass is 518 g/mol. The molecule has 186 valence electrons. The van der Waals surface area contributed by atoms with Gasteiger partial charge in [-0.25, -0.2) is 36.7 Å². The lowest BCUT2D eigenvalue weighted by atomic mass is 10.1. The van der Waals surface area contributed by atoms with Crippen molar-refractivity contribution in [1.29, 1.82) is 5.26 Å². The van der Waals surface area contributed by atoms with Crippen LogP contribution in [0.1, 0.15) is 29.9 Å². The first-order valence-electron chi connectivity index (χ1n) is 10.3. The molecule has 14 heteroatoms. The van der Waals surface area contributed by atoms with Crippen molar-refractivity contribution in [3.05, 3.63) is 59.5 Å². The number of aromatic amines is 1. The number of H-pyrrole nitrogens is 1. The van der Waals surface area contributed by atoms with Gasteiger partial charge in [-0.1, -0.05) is 12.1 Å². The lowest BCUT2D eigenvalue weighted by Crippen LogP contribution is -2.20. The van der Waals surface area contributed by atoms with E-state index in [0.717, 1.165) is 0 Å². The van der Waals surface area contributed by atoms with Crippen molar-refractivity contribution < 1.29 is 21.8 Å². The third-order valence-electron chi connectivity index (χ3n) is 5.07. The van der Waals surface area contributed by atoms with Crippen molar-refractivity contribution in [2.75, 3.05) is 28.2 Å². The number of nitrogens with zero attached hydrogens (tertiary/aromatic N) is 5. The van der Waals surface area contributed by atoms with Gasteiger partial charge in [-0.3, -0.25) is 4.31 Å². The van der Waals surface area contributed by atoms with Gasteiger partial charge in [0.15, 0.2) is 11.5 Å².